The third-order valence-electron chi connectivity index (χ3n) is 2.74. The first-order valence-corrected chi connectivity index (χ1v) is 5.73. The lowest BCUT2D eigenvalue weighted by Gasteiger charge is -2.17. The molecule has 0 aliphatic carbocycles. The predicted molar refractivity (Wildman–Crippen MR) is 62.8 cm³/mol. The molecule has 0 unspecified atom stereocenters. The average molecular weight is 266 g/mol. The molecule has 19 heavy (non-hydrogen) atoms. The normalized spacial score (nSPS) is 18.1. The predicted octanol–water partition coefficient (Wildman–Crippen LogP) is -0.460. The number of hydrogen-bond acceptors (Lipinski definition) is 5. The molecule has 0 saturated carbocycles. The van der Waals surface area contributed by atoms with Crippen molar-refractivity contribution >= 4 is 17.8 Å². The van der Waals surface area contributed by atoms with Crippen molar-refractivity contribution < 1.29 is 18.9 Å². The first-order chi connectivity index (χ1) is 8.95. The molecule has 8 nitrogen and oxygen atoms in total. The summed E-state index contributed by atoms with van der Waals surface area (Å²) in [4.78, 5) is 35.6. The fourth-order valence-corrected chi connectivity index (χ4v) is 1.76. The van der Waals surface area contributed by atoms with Gasteiger partial charge in [-0.15, -0.1) is 0 Å². The number of carbonyl (C=O) groups is 3. The molecule has 1 aromatic heterocycles. The second-order valence-corrected chi connectivity index (χ2v) is 4.40. The van der Waals surface area contributed by atoms with Crippen LogP contribution >= 0.6 is 0 Å². The molecule has 1 atom stereocenters. The molecule has 1 fully saturated rings. The Kier molecular flexibility index (Phi) is 3.50. The zero-order valence-electron chi connectivity index (χ0n) is 10.6. The molecule has 1 aliphatic heterocycles. The number of imide groups is 1. The molecule has 2 N–H and O–H groups in total. The molecule has 8 heteroatoms. The van der Waals surface area contributed by atoms with Crippen molar-refractivity contribution in [2.24, 2.45) is 0 Å². The fourth-order valence-electron chi connectivity index (χ4n) is 1.76. The van der Waals surface area contributed by atoms with Gasteiger partial charge in [0.25, 0.3) is 5.91 Å². The molecule has 0 aromatic carbocycles. The Morgan fingerprint density at radius 2 is 2.26 bits per heavy atom. The number of urea groups is 1. The SMILES string of the molecule is Cc1cc(CN(C)C(=O)C[C@H]2NC(=O)NC2=O)no1. The Hall–Kier alpha value is -2.38. The van der Waals surface area contributed by atoms with E-state index in [0.29, 0.717) is 18.0 Å². The Balaban J connectivity index is 1.89. The first-order valence-electron chi connectivity index (χ1n) is 5.73. The van der Waals surface area contributed by atoms with Crippen LogP contribution in [0.5, 0.6) is 0 Å². The highest BCUT2D eigenvalue weighted by Gasteiger charge is 2.32. The highest BCUT2D eigenvalue weighted by molar-refractivity contribution is 6.05. The average Bonchev–Trinajstić information content (AvgIpc) is 2.85. The summed E-state index contributed by atoms with van der Waals surface area (Å²) in [6, 6.07) is 0.354. The minimum absolute atomic E-state index is 0.0785. The monoisotopic (exact) mass is 266 g/mol. The van der Waals surface area contributed by atoms with E-state index in [1.54, 1.807) is 20.0 Å². The van der Waals surface area contributed by atoms with Crippen LogP contribution in [-0.4, -0.2) is 41.0 Å². The first kappa shape index (κ1) is 13.1. The van der Waals surface area contributed by atoms with Crippen molar-refractivity contribution in [3.8, 4) is 0 Å². The van der Waals surface area contributed by atoms with E-state index in [4.69, 9.17) is 4.52 Å². The summed E-state index contributed by atoms with van der Waals surface area (Å²) < 4.78 is 4.90. The Morgan fingerprint density at radius 1 is 1.53 bits per heavy atom. The maximum absolute atomic E-state index is 11.9. The van der Waals surface area contributed by atoms with Gasteiger partial charge in [0, 0.05) is 13.1 Å². The van der Waals surface area contributed by atoms with Crippen LogP contribution in [0.4, 0.5) is 4.79 Å². The van der Waals surface area contributed by atoms with Crippen molar-refractivity contribution in [2.45, 2.75) is 25.9 Å². The summed E-state index contributed by atoms with van der Waals surface area (Å²) in [5.41, 5.74) is 0.633. The van der Waals surface area contributed by atoms with Gasteiger partial charge < -0.3 is 14.7 Å². The minimum atomic E-state index is -0.804. The number of aromatic nitrogens is 1. The number of nitrogens with one attached hydrogen (secondary N) is 2. The van der Waals surface area contributed by atoms with Crippen LogP contribution in [0.1, 0.15) is 17.9 Å². The van der Waals surface area contributed by atoms with Crippen LogP contribution in [0.15, 0.2) is 10.6 Å². The van der Waals surface area contributed by atoms with Crippen LogP contribution in [0.25, 0.3) is 0 Å². The lowest BCUT2D eigenvalue weighted by Crippen LogP contribution is -2.37. The van der Waals surface area contributed by atoms with Crippen molar-refractivity contribution in [1.29, 1.82) is 0 Å². The third kappa shape index (κ3) is 3.09. The molecule has 1 aliphatic rings. The van der Waals surface area contributed by atoms with Crippen molar-refractivity contribution in [3.63, 3.8) is 0 Å². The van der Waals surface area contributed by atoms with Gasteiger partial charge in [-0.1, -0.05) is 5.16 Å². The van der Waals surface area contributed by atoms with E-state index < -0.39 is 18.0 Å². The van der Waals surface area contributed by atoms with Gasteiger partial charge >= 0.3 is 6.03 Å². The van der Waals surface area contributed by atoms with E-state index in [0.717, 1.165) is 0 Å². The Bertz CT molecular complexity index is 525. The van der Waals surface area contributed by atoms with Gasteiger partial charge in [0.15, 0.2) is 0 Å². The lowest BCUT2D eigenvalue weighted by atomic mass is 10.2. The molecule has 2 heterocycles. The number of carbonyl (C=O) groups excluding carboxylic acids is 3. The molecular weight excluding hydrogens is 252 g/mol. The van der Waals surface area contributed by atoms with Crippen LogP contribution in [0.2, 0.25) is 0 Å². The Morgan fingerprint density at radius 3 is 2.79 bits per heavy atom. The molecule has 1 aromatic rings. The van der Waals surface area contributed by atoms with Gasteiger partial charge in [-0.2, -0.15) is 0 Å². The van der Waals surface area contributed by atoms with E-state index in [-0.39, 0.29) is 12.3 Å². The molecule has 1 saturated heterocycles. The topological polar surface area (TPSA) is 105 Å². The van der Waals surface area contributed by atoms with Gasteiger partial charge in [-0.3, -0.25) is 14.9 Å². The van der Waals surface area contributed by atoms with Gasteiger partial charge in [-0.05, 0) is 6.92 Å². The van der Waals surface area contributed by atoms with Crippen LogP contribution in [0.3, 0.4) is 0 Å². The van der Waals surface area contributed by atoms with Gasteiger partial charge in [0.05, 0.1) is 13.0 Å². The maximum atomic E-state index is 11.9. The number of aryl methyl sites for hydroxylation is 1. The number of rotatable bonds is 4. The zero-order chi connectivity index (χ0) is 14.0. The molecule has 2 rings (SSSR count). The molecule has 102 valence electrons. The third-order valence-corrected chi connectivity index (χ3v) is 2.74. The van der Waals surface area contributed by atoms with Crippen LogP contribution in [0, 0.1) is 6.92 Å². The van der Waals surface area contributed by atoms with E-state index in [9.17, 15) is 14.4 Å². The summed E-state index contributed by atoms with van der Waals surface area (Å²) in [7, 11) is 1.60. The molecule has 0 spiro atoms. The fraction of sp³-hybridized carbons (Fsp3) is 0.455. The molecule has 0 radical (unpaired) electrons. The molecule has 4 amide bonds. The van der Waals surface area contributed by atoms with Crippen LogP contribution in [-0.2, 0) is 16.1 Å². The van der Waals surface area contributed by atoms with E-state index in [1.165, 1.54) is 4.90 Å². The van der Waals surface area contributed by atoms with Gasteiger partial charge in [-0.25, -0.2) is 4.79 Å². The summed E-state index contributed by atoms with van der Waals surface area (Å²) in [5.74, 6) is -0.0784. The summed E-state index contributed by atoms with van der Waals surface area (Å²) in [6.07, 6.45) is -0.0785. The quantitative estimate of drug-likeness (QED) is 0.717. The summed E-state index contributed by atoms with van der Waals surface area (Å²) in [6.45, 7) is 2.05. The number of amides is 4. The van der Waals surface area contributed by atoms with Gasteiger partial charge in [0.2, 0.25) is 5.91 Å². The zero-order valence-corrected chi connectivity index (χ0v) is 10.6. The summed E-state index contributed by atoms with van der Waals surface area (Å²) in [5, 5.41) is 8.23. The highest BCUT2D eigenvalue weighted by atomic mass is 16.5. The van der Waals surface area contributed by atoms with E-state index >= 15 is 0 Å². The van der Waals surface area contributed by atoms with Crippen molar-refractivity contribution in [1.82, 2.24) is 20.7 Å². The molecular formula is C11H14N4O4. The Labute approximate surface area is 109 Å². The van der Waals surface area contributed by atoms with Crippen molar-refractivity contribution in [2.75, 3.05) is 7.05 Å². The largest absolute Gasteiger partial charge is 0.361 e. The minimum Gasteiger partial charge on any atom is -0.361 e. The standard InChI is InChI=1S/C11H14N4O4/c1-6-3-7(14-19-6)5-15(2)9(16)4-8-10(17)13-11(18)12-8/h3,8H,4-5H2,1-2H3,(H2,12,13,17,18)/t8-/m1/s1. The molecule has 0 bridgehead atoms. The van der Waals surface area contributed by atoms with Crippen LogP contribution < -0.4 is 10.6 Å². The van der Waals surface area contributed by atoms with Gasteiger partial charge in [0.1, 0.15) is 17.5 Å². The number of nitrogens with zero attached hydrogens (tertiary/aromatic N) is 2. The van der Waals surface area contributed by atoms with E-state index in [2.05, 4.69) is 15.8 Å². The summed E-state index contributed by atoms with van der Waals surface area (Å²) >= 11 is 0. The van der Waals surface area contributed by atoms with Crippen molar-refractivity contribution in [3.05, 3.63) is 17.5 Å². The maximum Gasteiger partial charge on any atom is 0.322 e. The second-order valence-electron chi connectivity index (χ2n) is 4.40. The lowest BCUT2D eigenvalue weighted by molar-refractivity contribution is -0.133. The van der Waals surface area contributed by atoms with E-state index in [1.807, 2.05) is 0 Å². The number of hydrogen-bond donors (Lipinski definition) is 2. The smallest absolute Gasteiger partial charge is 0.322 e. The second kappa shape index (κ2) is 5.09. The highest BCUT2D eigenvalue weighted by Crippen LogP contribution is 2.07.